The number of rotatable bonds is 5. The second-order valence-electron chi connectivity index (χ2n) is 5.21. The Morgan fingerprint density at radius 1 is 1.44 bits per heavy atom. The van der Waals surface area contributed by atoms with Gasteiger partial charge in [-0.3, -0.25) is 4.79 Å². The second-order valence-corrected chi connectivity index (χ2v) is 5.21. The molecule has 0 aromatic heterocycles. The van der Waals surface area contributed by atoms with Crippen molar-refractivity contribution in [3.05, 3.63) is 12.7 Å². The lowest BCUT2D eigenvalue weighted by molar-refractivity contribution is -0.149. The third-order valence-corrected chi connectivity index (χ3v) is 4.01. The molecule has 0 aromatic rings. The number of carbonyl (C=O) groups excluding carboxylic acids is 2. The van der Waals surface area contributed by atoms with E-state index in [4.69, 9.17) is 4.74 Å². The zero-order valence-corrected chi connectivity index (χ0v) is 10.9. The Morgan fingerprint density at radius 3 is 2.61 bits per heavy atom. The molecule has 0 saturated heterocycles. The average Bonchev–Trinajstić information content (AvgIpc) is 2.82. The van der Waals surface area contributed by atoms with Crippen LogP contribution in [0, 0.1) is 11.8 Å². The van der Waals surface area contributed by atoms with E-state index in [0.717, 1.165) is 25.7 Å². The molecule has 0 aromatic carbocycles. The number of nitrogens with one attached hydrogen (secondary N) is 1. The summed E-state index contributed by atoms with van der Waals surface area (Å²) in [6, 6.07) is 0. The molecule has 1 N–H and O–H groups in total. The number of hydrogen-bond acceptors (Lipinski definition) is 3. The fraction of sp³-hybridized carbons (Fsp3) is 0.714. The third-order valence-electron chi connectivity index (χ3n) is 4.01. The van der Waals surface area contributed by atoms with Gasteiger partial charge in [0.05, 0.1) is 6.61 Å². The predicted octanol–water partition coefficient (Wildman–Crippen LogP) is 1.80. The maximum Gasteiger partial charge on any atom is 0.332 e. The lowest BCUT2D eigenvalue weighted by atomic mass is 10.1. The van der Waals surface area contributed by atoms with Gasteiger partial charge in [-0.05, 0) is 26.2 Å². The van der Waals surface area contributed by atoms with Gasteiger partial charge in [-0.25, -0.2) is 4.79 Å². The van der Waals surface area contributed by atoms with Gasteiger partial charge < -0.3 is 10.1 Å². The topological polar surface area (TPSA) is 55.4 Å². The molecule has 0 spiro atoms. The van der Waals surface area contributed by atoms with Crippen molar-refractivity contribution in [1.82, 2.24) is 5.32 Å². The van der Waals surface area contributed by atoms with Crippen LogP contribution in [-0.4, -0.2) is 24.0 Å². The van der Waals surface area contributed by atoms with Crippen LogP contribution in [0.15, 0.2) is 12.7 Å². The van der Waals surface area contributed by atoms with Crippen LogP contribution < -0.4 is 5.32 Å². The van der Waals surface area contributed by atoms with Gasteiger partial charge in [0.25, 0.3) is 0 Å². The second kappa shape index (κ2) is 5.12. The minimum atomic E-state index is -0.822. The van der Waals surface area contributed by atoms with Crippen LogP contribution in [0.4, 0.5) is 0 Å². The average molecular weight is 251 g/mol. The molecule has 1 amide bonds. The Hall–Kier alpha value is -1.32. The lowest BCUT2D eigenvalue weighted by Crippen LogP contribution is -2.47. The minimum absolute atomic E-state index is 0.00454. The zero-order valence-electron chi connectivity index (χ0n) is 10.9. The molecule has 18 heavy (non-hydrogen) atoms. The van der Waals surface area contributed by atoms with Crippen LogP contribution in [0.3, 0.4) is 0 Å². The van der Waals surface area contributed by atoms with E-state index >= 15 is 0 Å². The van der Waals surface area contributed by atoms with Crippen LogP contribution in [0.5, 0.6) is 0 Å². The largest absolute Gasteiger partial charge is 0.464 e. The van der Waals surface area contributed by atoms with E-state index in [1.807, 2.05) is 0 Å². The first-order valence-electron chi connectivity index (χ1n) is 6.76. The molecular weight excluding hydrogens is 230 g/mol. The Bertz CT molecular complexity index is 360. The van der Waals surface area contributed by atoms with E-state index in [2.05, 4.69) is 11.9 Å². The summed E-state index contributed by atoms with van der Waals surface area (Å²) in [6.07, 6.45) is 6.43. The maximum atomic E-state index is 12.1. The molecule has 0 aliphatic heterocycles. The summed E-state index contributed by atoms with van der Waals surface area (Å²) in [5, 5.41) is 2.91. The first-order chi connectivity index (χ1) is 8.64. The van der Waals surface area contributed by atoms with E-state index in [9.17, 15) is 9.59 Å². The monoisotopic (exact) mass is 251 g/mol. The molecule has 2 atom stereocenters. The molecule has 4 nitrogen and oxygen atoms in total. The molecule has 2 rings (SSSR count). The van der Waals surface area contributed by atoms with Crippen molar-refractivity contribution in [3.8, 4) is 0 Å². The highest BCUT2D eigenvalue weighted by Gasteiger charge is 2.61. The normalized spacial score (nSPS) is 30.8. The molecular formula is C14H21NO3. The summed E-state index contributed by atoms with van der Waals surface area (Å²) >= 11 is 0. The van der Waals surface area contributed by atoms with E-state index < -0.39 is 5.54 Å². The molecule has 2 aliphatic carbocycles. The highest BCUT2D eigenvalue weighted by Crippen LogP contribution is 2.45. The molecule has 0 heterocycles. The van der Waals surface area contributed by atoms with Gasteiger partial charge in [0.2, 0.25) is 5.91 Å². The quantitative estimate of drug-likeness (QED) is 0.599. The van der Waals surface area contributed by atoms with E-state index in [0.29, 0.717) is 13.0 Å². The summed E-state index contributed by atoms with van der Waals surface area (Å²) < 4.78 is 5.06. The van der Waals surface area contributed by atoms with Gasteiger partial charge in [0.1, 0.15) is 5.54 Å². The van der Waals surface area contributed by atoms with Gasteiger partial charge in [-0.1, -0.05) is 18.9 Å². The molecule has 2 fully saturated rings. The number of esters is 1. The van der Waals surface area contributed by atoms with Crippen LogP contribution in [-0.2, 0) is 14.3 Å². The van der Waals surface area contributed by atoms with Gasteiger partial charge in [-0.15, -0.1) is 6.58 Å². The fourth-order valence-corrected chi connectivity index (χ4v) is 2.77. The van der Waals surface area contributed by atoms with Crippen LogP contribution in [0.1, 0.15) is 39.0 Å². The summed E-state index contributed by atoms with van der Waals surface area (Å²) in [5.41, 5.74) is -0.822. The summed E-state index contributed by atoms with van der Waals surface area (Å²) in [5.74, 6) is -0.226. The van der Waals surface area contributed by atoms with E-state index in [1.165, 1.54) is 0 Å². The number of hydrogen-bond donors (Lipinski definition) is 1. The summed E-state index contributed by atoms with van der Waals surface area (Å²) in [6.45, 7) is 5.82. The maximum absolute atomic E-state index is 12.1. The van der Waals surface area contributed by atoms with Crippen molar-refractivity contribution >= 4 is 11.9 Å². The van der Waals surface area contributed by atoms with Crippen molar-refractivity contribution in [2.45, 2.75) is 44.6 Å². The molecule has 2 unspecified atom stereocenters. The summed E-state index contributed by atoms with van der Waals surface area (Å²) in [7, 11) is 0. The Kier molecular flexibility index (Phi) is 3.73. The van der Waals surface area contributed by atoms with Crippen molar-refractivity contribution < 1.29 is 14.3 Å². The van der Waals surface area contributed by atoms with Crippen molar-refractivity contribution in [3.63, 3.8) is 0 Å². The molecule has 2 aliphatic rings. The van der Waals surface area contributed by atoms with Gasteiger partial charge >= 0.3 is 5.97 Å². The molecule has 2 saturated carbocycles. The standard InChI is InChI=1S/C14H21NO3/c1-3-11-9-14(11,13(17)18-4-2)15-12(16)10-7-5-6-8-10/h3,10-11H,1,4-9H2,2H3,(H,15,16). The molecule has 0 bridgehead atoms. The van der Waals surface area contributed by atoms with Crippen molar-refractivity contribution in [2.75, 3.05) is 6.61 Å². The minimum Gasteiger partial charge on any atom is -0.464 e. The van der Waals surface area contributed by atoms with Crippen LogP contribution >= 0.6 is 0 Å². The van der Waals surface area contributed by atoms with E-state index in [-0.39, 0.29) is 23.7 Å². The first-order valence-corrected chi connectivity index (χ1v) is 6.76. The summed E-state index contributed by atoms with van der Waals surface area (Å²) in [4.78, 5) is 24.1. The zero-order chi connectivity index (χ0) is 13.2. The fourth-order valence-electron chi connectivity index (χ4n) is 2.77. The predicted molar refractivity (Wildman–Crippen MR) is 67.8 cm³/mol. The smallest absolute Gasteiger partial charge is 0.332 e. The lowest BCUT2D eigenvalue weighted by Gasteiger charge is -2.19. The first kappa shape index (κ1) is 13.1. The van der Waals surface area contributed by atoms with E-state index in [1.54, 1.807) is 13.0 Å². The number of ether oxygens (including phenoxy) is 1. The highest BCUT2D eigenvalue weighted by molar-refractivity contribution is 5.92. The Morgan fingerprint density at radius 2 is 2.11 bits per heavy atom. The molecule has 4 heteroatoms. The Balaban J connectivity index is 2.00. The van der Waals surface area contributed by atoms with Gasteiger partial charge in [0, 0.05) is 11.8 Å². The number of amides is 1. The van der Waals surface area contributed by atoms with Gasteiger partial charge in [0.15, 0.2) is 0 Å². The molecule has 0 radical (unpaired) electrons. The van der Waals surface area contributed by atoms with Crippen LogP contribution in [0.25, 0.3) is 0 Å². The molecule has 100 valence electrons. The van der Waals surface area contributed by atoms with Crippen molar-refractivity contribution in [2.24, 2.45) is 11.8 Å². The van der Waals surface area contributed by atoms with Crippen molar-refractivity contribution in [1.29, 1.82) is 0 Å². The van der Waals surface area contributed by atoms with Crippen LogP contribution in [0.2, 0.25) is 0 Å². The third kappa shape index (κ3) is 2.28. The van der Waals surface area contributed by atoms with Gasteiger partial charge in [-0.2, -0.15) is 0 Å². The highest BCUT2D eigenvalue weighted by atomic mass is 16.5. The Labute approximate surface area is 108 Å². The SMILES string of the molecule is C=CC1CC1(NC(=O)C1CCCC1)C(=O)OCC. The number of carbonyl (C=O) groups is 2.